The van der Waals surface area contributed by atoms with Crippen molar-refractivity contribution in [2.45, 2.75) is 32.9 Å². The van der Waals surface area contributed by atoms with Gasteiger partial charge in [-0.15, -0.1) is 0 Å². The van der Waals surface area contributed by atoms with Crippen molar-refractivity contribution in [3.8, 4) is 5.75 Å². The van der Waals surface area contributed by atoms with E-state index in [0.29, 0.717) is 18.2 Å². The lowest BCUT2D eigenvalue weighted by Gasteiger charge is -2.10. The summed E-state index contributed by atoms with van der Waals surface area (Å²) >= 11 is 0. The van der Waals surface area contributed by atoms with Crippen LogP contribution in [0.2, 0.25) is 0 Å². The van der Waals surface area contributed by atoms with E-state index in [2.05, 4.69) is 4.98 Å². The second-order valence-electron chi connectivity index (χ2n) is 5.04. The third-order valence-electron chi connectivity index (χ3n) is 2.95. The van der Waals surface area contributed by atoms with Crippen molar-refractivity contribution >= 4 is 27.8 Å². The molecule has 5 nitrogen and oxygen atoms in total. The maximum atomic E-state index is 11.1. The first-order valence-electron chi connectivity index (χ1n) is 6.70. The van der Waals surface area contributed by atoms with Gasteiger partial charge >= 0.3 is 0 Å². The third kappa shape index (κ3) is 3.30. The number of hydrogen-bond donors (Lipinski definition) is 1. The highest BCUT2D eigenvalue weighted by atomic mass is 32.2. The normalized spacial score (nSPS) is 13.0. The molecule has 1 aromatic carbocycles. The zero-order valence-corrected chi connectivity index (χ0v) is 12.9. The van der Waals surface area contributed by atoms with Crippen LogP contribution in [0.15, 0.2) is 18.2 Å². The van der Waals surface area contributed by atoms with Gasteiger partial charge in [0.1, 0.15) is 11.3 Å². The molecule has 110 valence electrons. The Balaban J connectivity index is 2.31. The molecule has 0 aliphatic rings. The van der Waals surface area contributed by atoms with E-state index >= 15 is 0 Å². The molecule has 2 rings (SSSR count). The van der Waals surface area contributed by atoms with E-state index < -0.39 is 10.8 Å². The molecule has 0 radical (unpaired) electrons. The molecule has 0 saturated carbocycles. The smallest absolute Gasteiger partial charge is 0.201 e. The minimum atomic E-state index is -0.779. The van der Waals surface area contributed by atoms with Crippen molar-refractivity contribution in [3.05, 3.63) is 18.2 Å². The number of aryl methyl sites for hydroxylation is 1. The Morgan fingerprint density at radius 3 is 2.85 bits per heavy atom. The maximum Gasteiger partial charge on any atom is 0.201 e. The average molecular weight is 295 g/mol. The summed E-state index contributed by atoms with van der Waals surface area (Å²) in [5.41, 5.74) is 7.74. The zero-order valence-electron chi connectivity index (χ0n) is 12.1. The Morgan fingerprint density at radius 1 is 1.45 bits per heavy atom. The lowest BCUT2D eigenvalue weighted by atomic mass is 10.3. The topological polar surface area (TPSA) is 70.1 Å². The van der Waals surface area contributed by atoms with Crippen LogP contribution < -0.4 is 10.5 Å². The summed E-state index contributed by atoms with van der Waals surface area (Å²) in [5.74, 6) is 1.89. The third-order valence-corrected chi connectivity index (χ3v) is 3.81. The minimum absolute atomic E-state index is 0.0921. The van der Waals surface area contributed by atoms with E-state index in [-0.39, 0.29) is 6.10 Å². The number of aromatic nitrogens is 2. The van der Waals surface area contributed by atoms with E-state index in [0.717, 1.165) is 23.2 Å². The molecule has 2 N–H and O–H groups in total. The predicted octanol–water partition coefficient (Wildman–Crippen LogP) is 2.17. The minimum Gasteiger partial charge on any atom is -0.489 e. The standard InChI is InChI=1S/C14H21N3O2S/c1-10(2)19-12-7-4-6-11-13(12)16-14(15)17(11)8-5-9-20(3)18/h4,6-7,10H,5,8-9H2,1-3H3,(H2,15,16). The quantitative estimate of drug-likeness (QED) is 0.886. The summed E-state index contributed by atoms with van der Waals surface area (Å²) in [6.45, 7) is 4.68. The Labute approximate surface area is 121 Å². The molecule has 1 heterocycles. The van der Waals surface area contributed by atoms with Gasteiger partial charge in [0.25, 0.3) is 0 Å². The molecule has 0 amide bonds. The number of nitrogens with two attached hydrogens (primary N) is 1. The SMILES string of the molecule is CC(C)Oc1cccc2c1nc(N)n2CCCS(C)=O. The van der Waals surface area contributed by atoms with E-state index in [9.17, 15) is 4.21 Å². The van der Waals surface area contributed by atoms with Gasteiger partial charge in [-0.3, -0.25) is 4.21 Å². The van der Waals surface area contributed by atoms with E-state index in [1.165, 1.54) is 0 Å². The van der Waals surface area contributed by atoms with Crippen molar-refractivity contribution in [1.82, 2.24) is 9.55 Å². The lowest BCUT2D eigenvalue weighted by Crippen LogP contribution is -2.07. The number of para-hydroxylation sites is 1. The van der Waals surface area contributed by atoms with Crippen molar-refractivity contribution in [2.24, 2.45) is 0 Å². The fourth-order valence-corrected chi connectivity index (χ4v) is 2.68. The number of hydrogen-bond acceptors (Lipinski definition) is 4. The van der Waals surface area contributed by atoms with Gasteiger partial charge in [0.2, 0.25) is 5.95 Å². The molecule has 0 spiro atoms. The number of rotatable bonds is 6. The van der Waals surface area contributed by atoms with E-state index in [1.807, 2.05) is 36.6 Å². The average Bonchev–Trinajstić information content (AvgIpc) is 2.66. The molecule has 1 atom stereocenters. The molecule has 1 unspecified atom stereocenters. The summed E-state index contributed by atoms with van der Waals surface area (Å²) in [4.78, 5) is 4.40. The highest BCUT2D eigenvalue weighted by molar-refractivity contribution is 7.84. The molecule has 6 heteroatoms. The molecular weight excluding hydrogens is 274 g/mol. The maximum absolute atomic E-state index is 11.1. The van der Waals surface area contributed by atoms with Crippen molar-refractivity contribution in [3.63, 3.8) is 0 Å². The van der Waals surface area contributed by atoms with Crippen LogP contribution in [-0.2, 0) is 17.3 Å². The molecule has 1 aromatic heterocycles. The monoisotopic (exact) mass is 295 g/mol. The molecule has 0 aliphatic heterocycles. The Kier molecular flexibility index (Phi) is 4.65. The van der Waals surface area contributed by atoms with Gasteiger partial charge in [-0.2, -0.15) is 0 Å². The molecule has 0 saturated heterocycles. The second-order valence-corrected chi connectivity index (χ2v) is 6.60. The largest absolute Gasteiger partial charge is 0.489 e. The van der Waals surface area contributed by atoms with Gasteiger partial charge in [-0.25, -0.2) is 4.98 Å². The molecule has 0 bridgehead atoms. The lowest BCUT2D eigenvalue weighted by molar-refractivity contribution is 0.245. The molecule has 20 heavy (non-hydrogen) atoms. The summed E-state index contributed by atoms with van der Waals surface area (Å²) in [5, 5.41) is 0. The number of ether oxygens (including phenoxy) is 1. The van der Waals surface area contributed by atoms with Crippen molar-refractivity contribution < 1.29 is 8.95 Å². The molecule has 0 aliphatic carbocycles. The highest BCUT2D eigenvalue weighted by Gasteiger charge is 2.13. The van der Waals surface area contributed by atoms with Crippen LogP contribution in [0.3, 0.4) is 0 Å². The first kappa shape index (κ1) is 14.8. The molecular formula is C14H21N3O2S. The Morgan fingerprint density at radius 2 is 2.20 bits per heavy atom. The number of anilines is 1. The predicted molar refractivity (Wildman–Crippen MR) is 83.5 cm³/mol. The summed E-state index contributed by atoms with van der Waals surface area (Å²) in [6, 6.07) is 5.82. The number of nitrogens with zero attached hydrogens (tertiary/aromatic N) is 2. The summed E-state index contributed by atoms with van der Waals surface area (Å²) in [6.07, 6.45) is 2.62. The van der Waals surface area contributed by atoms with Crippen LogP contribution in [-0.4, -0.2) is 31.9 Å². The summed E-state index contributed by atoms with van der Waals surface area (Å²) in [7, 11) is -0.779. The number of benzene rings is 1. The Hall–Kier alpha value is -1.56. The second kappa shape index (κ2) is 6.26. The molecule has 2 aromatic rings. The van der Waals surface area contributed by atoms with Crippen LogP contribution in [0.4, 0.5) is 5.95 Å². The first-order valence-corrected chi connectivity index (χ1v) is 8.43. The number of nitrogen functional groups attached to an aromatic ring is 1. The van der Waals surface area contributed by atoms with Gasteiger partial charge in [-0.1, -0.05) is 6.07 Å². The van der Waals surface area contributed by atoms with Crippen LogP contribution in [0, 0.1) is 0 Å². The van der Waals surface area contributed by atoms with Crippen LogP contribution in [0.25, 0.3) is 11.0 Å². The first-order chi connectivity index (χ1) is 9.49. The van der Waals surface area contributed by atoms with E-state index in [1.54, 1.807) is 6.26 Å². The van der Waals surface area contributed by atoms with Crippen LogP contribution >= 0.6 is 0 Å². The van der Waals surface area contributed by atoms with Gasteiger partial charge in [0.05, 0.1) is 11.6 Å². The van der Waals surface area contributed by atoms with Gasteiger partial charge in [0.15, 0.2) is 0 Å². The summed E-state index contributed by atoms with van der Waals surface area (Å²) < 4.78 is 18.8. The van der Waals surface area contributed by atoms with Crippen molar-refractivity contribution in [1.29, 1.82) is 0 Å². The zero-order chi connectivity index (χ0) is 14.7. The number of fused-ring (bicyclic) bond motifs is 1. The van der Waals surface area contributed by atoms with Gasteiger partial charge < -0.3 is 15.0 Å². The van der Waals surface area contributed by atoms with Crippen molar-refractivity contribution in [2.75, 3.05) is 17.7 Å². The van der Waals surface area contributed by atoms with Gasteiger partial charge in [-0.05, 0) is 32.4 Å². The van der Waals surface area contributed by atoms with Gasteiger partial charge in [0, 0.05) is 29.4 Å². The highest BCUT2D eigenvalue weighted by Crippen LogP contribution is 2.27. The number of imidazole rings is 1. The fraction of sp³-hybridized carbons (Fsp3) is 0.500. The molecule has 0 fully saturated rings. The fourth-order valence-electron chi connectivity index (χ4n) is 2.15. The van der Waals surface area contributed by atoms with E-state index in [4.69, 9.17) is 10.5 Å². The van der Waals surface area contributed by atoms with Crippen LogP contribution in [0.5, 0.6) is 5.75 Å². The Bertz CT molecular complexity index is 622. The van der Waals surface area contributed by atoms with Crippen LogP contribution in [0.1, 0.15) is 20.3 Å².